The highest BCUT2D eigenvalue weighted by molar-refractivity contribution is 5.73. The first kappa shape index (κ1) is 10.1. The van der Waals surface area contributed by atoms with Crippen LogP contribution < -0.4 is 5.32 Å². The molecule has 1 aliphatic rings. The number of carbonyl (C=O) groups excluding carboxylic acids is 1. The van der Waals surface area contributed by atoms with Gasteiger partial charge in [-0.3, -0.25) is 4.79 Å². The van der Waals surface area contributed by atoms with Crippen molar-refractivity contribution in [3.8, 4) is 0 Å². The Kier molecular flexibility index (Phi) is 2.96. The molecule has 1 N–H and O–H groups in total. The zero-order valence-corrected chi connectivity index (χ0v) is 8.46. The van der Waals surface area contributed by atoms with Crippen LogP contribution >= 0.6 is 0 Å². The second kappa shape index (κ2) is 3.81. The minimum absolute atomic E-state index is 0.0239. The van der Waals surface area contributed by atoms with Gasteiger partial charge >= 0.3 is 5.97 Å². The highest BCUT2D eigenvalue weighted by Crippen LogP contribution is 2.15. The van der Waals surface area contributed by atoms with E-state index >= 15 is 0 Å². The highest BCUT2D eigenvalue weighted by Gasteiger charge is 2.24. The summed E-state index contributed by atoms with van der Waals surface area (Å²) in [5, 5.41) is 3.02. The lowest BCUT2D eigenvalue weighted by atomic mass is 10.0. The van der Waals surface area contributed by atoms with Crippen molar-refractivity contribution in [2.45, 2.75) is 32.8 Å². The summed E-state index contributed by atoms with van der Waals surface area (Å²) < 4.78 is 5.26. The first-order valence-electron chi connectivity index (χ1n) is 4.60. The molecule has 1 atom stereocenters. The first-order chi connectivity index (χ1) is 5.99. The normalized spacial score (nSPS) is 22.2. The molecule has 1 rings (SSSR count). The van der Waals surface area contributed by atoms with Crippen LogP contribution in [0.25, 0.3) is 0 Å². The SMILES string of the molecule is CC(C)(C)OC(=O)C1CC=CNC1. The molecule has 0 amide bonds. The van der Waals surface area contributed by atoms with Gasteiger partial charge in [-0.05, 0) is 33.4 Å². The molecule has 0 bridgehead atoms. The van der Waals surface area contributed by atoms with E-state index < -0.39 is 0 Å². The summed E-state index contributed by atoms with van der Waals surface area (Å²) in [6.45, 7) is 6.34. The molecule has 3 nitrogen and oxygen atoms in total. The second-order valence-electron chi connectivity index (χ2n) is 4.28. The summed E-state index contributed by atoms with van der Waals surface area (Å²) in [5.74, 6) is -0.131. The van der Waals surface area contributed by atoms with Gasteiger partial charge in [0.15, 0.2) is 0 Å². The molecule has 0 radical (unpaired) electrons. The molecule has 3 heteroatoms. The Hall–Kier alpha value is -0.990. The van der Waals surface area contributed by atoms with Gasteiger partial charge in [-0.15, -0.1) is 0 Å². The van der Waals surface area contributed by atoms with Crippen molar-refractivity contribution in [2.24, 2.45) is 5.92 Å². The number of hydrogen-bond acceptors (Lipinski definition) is 3. The predicted molar refractivity (Wildman–Crippen MR) is 51.1 cm³/mol. The van der Waals surface area contributed by atoms with Crippen LogP contribution in [0.3, 0.4) is 0 Å². The molecule has 0 saturated carbocycles. The van der Waals surface area contributed by atoms with Gasteiger partial charge in [0.05, 0.1) is 5.92 Å². The maximum atomic E-state index is 11.5. The van der Waals surface area contributed by atoms with E-state index in [0.29, 0.717) is 6.54 Å². The van der Waals surface area contributed by atoms with Crippen molar-refractivity contribution in [3.63, 3.8) is 0 Å². The number of nitrogens with one attached hydrogen (secondary N) is 1. The fourth-order valence-corrected chi connectivity index (χ4v) is 1.17. The van der Waals surface area contributed by atoms with Crippen molar-refractivity contribution in [1.29, 1.82) is 0 Å². The lowest BCUT2D eigenvalue weighted by molar-refractivity contribution is -0.159. The summed E-state index contributed by atoms with van der Waals surface area (Å²) in [6, 6.07) is 0. The number of rotatable bonds is 1. The maximum Gasteiger partial charge on any atom is 0.311 e. The smallest absolute Gasteiger partial charge is 0.311 e. The molecule has 0 aromatic heterocycles. The summed E-state index contributed by atoms with van der Waals surface area (Å²) in [4.78, 5) is 11.5. The van der Waals surface area contributed by atoms with Crippen LogP contribution in [0.15, 0.2) is 12.3 Å². The lowest BCUT2D eigenvalue weighted by Gasteiger charge is -2.24. The topological polar surface area (TPSA) is 38.3 Å². The highest BCUT2D eigenvalue weighted by atomic mass is 16.6. The number of allylic oxidation sites excluding steroid dienone is 1. The first-order valence-corrected chi connectivity index (χ1v) is 4.60. The Morgan fingerprint density at radius 1 is 1.54 bits per heavy atom. The van der Waals surface area contributed by atoms with Gasteiger partial charge in [-0.25, -0.2) is 0 Å². The molecule has 0 spiro atoms. The van der Waals surface area contributed by atoms with Gasteiger partial charge in [0, 0.05) is 6.54 Å². The summed E-state index contributed by atoms with van der Waals surface area (Å²) in [5.41, 5.74) is -0.377. The van der Waals surface area contributed by atoms with Crippen molar-refractivity contribution in [2.75, 3.05) is 6.54 Å². The summed E-state index contributed by atoms with van der Waals surface area (Å²) >= 11 is 0. The molecule has 1 aliphatic heterocycles. The molecule has 0 saturated heterocycles. The van der Waals surface area contributed by atoms with Crippen molar-refractivity contribution in [1.82, 2.24) is 5.32 Å². The Bertz CT molecular complexity index is 215. The van der Waals surface area contributed by atoms with Crippen molar-refractivity contribution in [3.05, 3.63) is 12.3 Å². The number of hydrogen-bond donors (Lipinski definition) is 1. The molecular weight excluding hydrogens is 166 g/mol. The minimum Gasteiger partial charge on any atom is -0.460 e. The third-order valence-electron chi connectivity index (χ3n) is 1.76. The van der Waals surface area contributed by atoms with Gasteiger partial charge in [0.1, 0.15) is 5.60 Å². The molecule has 0 aromatic carbocycles. The van der Waals surface area contributed by atoms with Gasteiger partial charge < -0.3 is 10.1 Å². The molecule has 1 unspecified atom stereocenters. The van der Waals surface area contributed by atoms with Crippen LogP contribution in [-0.4, -0.2) is 18.1 Å². The van der Waals surface area contributed by atoms with Crippen LogP contribution in [0.4, 0.5) is 0 Å². The van der Waals surface area contributed by atoms with Crippen LogP contribution in [0.5, 0.6) is 0 Å². The fourth-order valence-electron chi connectivity index (χ4n) is 1.17. The molecule has 0 aliphatic carbocycles. The van der Waals surface area contributed by atoms with E-state index in [2.05, 4.69) is 5.32 Å². The zero-order valence-electron chi connectivity index (χ0n) is 8.46. The van der Waals surface area contributed by atoms with Gasteiger partial charge in [-0.2, -0.15) is 0 Å². The largest absolute Gasteiger partial charge is 0.460 e. The summed E-state index contributed by atoms with van der Waals surface area (Å²) in [6.07, 6.45) is 4.61. The fraction of sp³-hybridized carbons (Fsp3) is 0.700. The monoisotopic (exact) mass is 183 g/mol. The van der Waals surface area contributed by atoms with E-state index in [0.717, 1.165) is 6.42 Å². The molecular formula is C10H17NO2. The zero-order chi connectivity index (χ0) is 9.90. The van der Waals surface area contributed by atoms with Crippen molar-refractivity contribution < 1.29 is 9.53 Å². The quantitative estimate of drug-likeness (QED) is 0.625. The van der Waals surface area contributed by atoms with Crippen molar-refractivity contribution >= 4 is 5.97 Å². The number of carbonyl (C=O) groups is 1. The predicted octanol–water partition coefficient (Wildman–Crippen LogP) is 1.45. The average molecular weight is 183 g/mol. The summed E-state index contributed by atoms with van der Waals surface area (Å²) in [7, 11) is 0. The van der Waals surface area contributed by atoms with Crippen LogP contribution in [0.2, 0.25) is 0 Å². The van der Waals surface area contributed by atoms with Crippen LogP contribution in [0.1, 0.15) is 27.2 Å². The van der Waals surface area contributed by atoms with Crippen LogP contribution in [0, 0.1) is 5.92 Å². The molecule has 13 heavy (non-hydrogen) atoms. The Balaban J connectivity index is 2.43. The molecule has 0 aromatic rings. The second-order valence-corrected chi connectivity index (χ2v) is 4.28. The minimum atomic E-state index is -0.377. The van der Waals surface area contributed by atoms with E-state index in [1.807, 2.05) is 33.0 Å². The van der Waals surface area contributed by atoms with E-state index in [1.165, 1.54) is 0 Å². The lowest BCUT2D eigenvalue weighted by Crippen LogP contribution is -2.34. The van der Waals surface area contributed by atoms with Gasteiger partial charge in [0.2, 0.25) is 0 Å². The molecule has 0 fully saturated rings. The number of ether oxygens (including phenoxy) is 1. The molecule has 1 heterocycles. The van der Waals surface area contributed by atoms with E-state index in [-0.39, 0.29) is 17.5 Å². The number of esters is 1. The van der Waals surface area contributed by atoms with E-state index in [1.54, 1.807) is 0 Å². The van der Waals surface area contributed by atoms with Gasteiger partial charge in [0.25, 0.3) is 0 Å². The standard InChI is InChI=1S/C10H17NO2/c1-10(2,3)13-9(12)8-5-4-6-11-7-8/h4,6,8,11H,5,7H2,1-3H3. The third kappa shape index (κ3) is 3.49. The Morgan fingerprint density at radius 3 is 2.69 bits per heavy atom. The van der Waals surface area contributed by atoms with E-state index in [9.17, 15) is 4.79 Å². The average Bonchev–Trinajstić information content (AvgIpc) is 2.03. The van der Waals surface area contributed by atoms with E-state index in [4.69, 9.17) is 4.74 Å². The van der Waals surface area contributed by atoms with Crippen LogP contribution in [-0.2, 0) is 9.53 Å². The Morgan fingerprint density at radius 2 is 2.23 bits per heavy atom. The third-order valence-corrected chi connectivity index (χ3v) is 1.76. The van der Waals surface area contributed by atoms with Gasteiger partial charge in [-0.1, -0.05) is 6.08 Å². The maximum absolute atomic E-state index is 11.5. The molecule has 74 valence electrons. The Labute approximate surface area is 79.2 Å².